The van der Waals surface area contributed by atoms with Gasteiger partial charge in [0.1, 0.15) is 23.0 Å². The Balaban J connectivity index is 1.61. The Labute approximate surface area is 150 Å². The average molecular weight is 353 g/mol. The van der Waals surface area contributed by atoms with Crippen LogP contribution in [0.5, 0.6) is 11.5 Å². The van der Waals surface area contributed by atoms with Crippen LogP contribution in [-0.4, -0.2) is 40.3 Å². The SMILES string of the molecule is COc1ccc(OC)c(CNC(=O)Cc2nc(-c3ccccn3)n[nH]2)c1. The third-order valence-corrected chi connectivity index (χ3v) is 3.72. The van der Waals surface area contributed by atoms with E-state index in [-0.39, 0.29) is 12.3 Å². The van der Waals surface area contributed by atoms with Crippen molar-refractivity contribution in [3.63, 3.8) is 0 Å². The predicted molar refractivity (Wildman–Crippen MR) is 94.7 cm³/mol. The smallest absolute Gasteiger partial charge is 0.227 e. The van der Waals surface area contributed by atoms with Crippen LogP contribution in [0.1, 0.15) is 11.4 Å². The lowest BCUT2D eigenvalue weighted by atomic mass is 10.2. The average Bonchev–Trinajstić information content (AvgIpc) is 3.15. The van der Waals surface area contributed by atoms with Gasteiger partial charge in [0.15, 0.2) is 5.82 Å². The summed E-state index contributed by atoms with van der Waals surface area (Å²) in [4.78, 5) is 20.7. The van der Waals surface area contributed by atoms with Crippen molar-refractivity contribution in [1.82, 2.24) is 25.5 Å². The van der Waals surface area contributed by atoms with Gasteiger partial charge >= 0.3 is 0 Å². The zero-order chi connectivity index (χ0) is 18.4. The molecule has 0 atom stereocenters. The second-order valence-corrected chi connectivity index (χ2v) is 5.45. The Hall–Kier alpha value is -3.42. The Kier molecular flexibility index (Phi) is 5.43. The number of carbonyl (C=O) groups excluding carboxylic acids is 1. The first-order valence-electron chi connectivity index (χ1n) is 8.00. The number of pyridine rings is 1. The lowest BCUT2D eigenvalue weighted by Crippen LogP contribution is -2.25. The number of hydrogen-bond donors (Lipinski definition) is 2. The number of aromatic nitrogens is 4. The zero-order valence-electron chi connectivity index (χ0n) is 14.5. The van der Waals surface area contributed by atoms with E-state index >= 15 is 0 Å². The minimum atomic E-state index is -0.182. The molecule has 8 heteroatoms. The Morgan fingerprint density at radius 1 is 1.19 bits per heavy atom. The van der Waals surface area contributed by atoms with E-state index < -0.39 is 0 Å². The summed E-state index contributed by atoms with van der Waals surface area (Å²) in [5.74, 6) is 2.13. The van der Waals surface area contributed by atoms with E-state index in [4.69, 9.17) is 9.47 Å². The Morgan fingerprint density at radius 2 is 2.08 bits per heavy atom. The van der Waals surface area contributed by atoms with E-state index in [0.717, 1.165) is 5.56 Å². The molecular weight excluding hydrogens is 334 g/mol. The molecule has 0 aliphatic heterocycles. The number of hydrogen-bond acceptors (Lipinski definition) is 6. The number of benzene rings is 1. The van der Waals surface area contributed by atoms with Crippen LogP contribution in [0.2, 0.25) is 0 Å². The number of nitrogens with zero attached hydrogens (tertiary/aromatic N) is 3. The summed E-state index contributed by atoms with van der Waals surface area (Å²) in [6.07, 6.45) is 1.76. The first-order chi connectivity index (χ1) is 12.7. The molecule has 134 valence electrons. The van der Waals surface area contributed by atoms with Crippen LogP contribution < -0.4 is 14.8 Å². The number of rotatable bonds is 7. The number of ether oxygens (including phenoxy) is 2. The van der Waals surface area contributed by atoms with Crippen molar-refractivity contribution in [3.05, 3.63) is 54.0 Å². The summed E-state index contributed by atoms with van der Waals surface area (Å²) in [6.45, 7) is 0.320. The van der Waals surface area contributed by atoms with Gasteiger partial charge < -0.3 is 14.8 Å². The largest absolute Gasteiger partial charge is 0.497 e. The monoisotopic (exact) mass is 353 g/mol. The van der Waals surface area contributed by atoms with Gasteiger partial charge in [-0.05, 0) is 30.3 Å². The van der Waals surface area contributed by atoms with Crippen LogP contribution >= 0.6 is 0 Å². The second-order valence-electron chi connectivity index (χ2n) is 5.45. The third-order valence-electron chi connectivity index (χ3n) is 3.72. The second kappa shape index (κ2) is 8.11. The maximum atomic E-state index is 12.2. The fourth-order valence-electron chi connectivity index (χ4n) is 2.41. The van der Waals surface area contributed by atoms with Gasteiger partial charge in [0.2, 0.25) is 5.91 Å². The number of amides is 1. The highest BCUT2D eigenvalue weighted by atomic mass is 16.5. The predicted octanol–water partition coefficient (Wildman–Crippen LogP) is 1.74. The van der Waals surface area contributed by atoms with Gasteiger partial charge in [-0.1, -0.05) is 6.07 Å². The maximum Gasteiger partial charge on any atom is 0.227 e. The fraction of sp³-hybridized carbons (Fsp3) is 0.222. The van der Waals surface area contributed by atoms with Gasteiger partial charge in [-0.3, -0.25) is 14.9 Å². The summed E-state index contributed by atoms with van der Waals surface area (Å²) in [5.41, 5.74) is 1.48. The number of nitrogens with one attached hydrogen (secondary N) is 2. The quantitative estimate of drug-likeness (QED) is 0.671. The van der Waals surface area contributed by atoms with Gasteiger partial charge in [-0.25, -0.2) is 4.98 Å². The minimum absolute atomic E-state index is 0.0894. The number of carbonyl (C=O) groups is 1. The van der Waals surface area contributed by atoms with Crippen LogP contribution in [-0.2, 0) is 17.8 Å². The molecular formula is C18H19N5O3. The van der Waals surface area contributed by atoms with Gasteiger partial charge in [0.05, 0.1) is 20.6 Å². The maximum absolute atomic E-state index is 12.2. The molecule has 0 spiro atoms. The van der Waals surface area contributed by atoms with E-state index in [2.05, 4.69) is 25.5 Å². The normalized spacial score (nSPS) is 10.4. The Morgan fingerprint density at radius 3 is 2.81 bits per heavy atom. The fourth-order valence-corrected chi connectivity index (χ4v) is 2.41. The van der Waals surface area contributed by atoms with Gasteiger partial charge in [0.25, 0.3) is 0 Å². The standard InChI is InChI=1S/C18H19N5O3/c1-25-13-6-7-15(26-2)12(9-13)11-20-17(24)10-16-21-18(23-22-16)14-5-3-4-8-19-14/h3-9H,10-11H2,1-2H3,(H,20,24)(H,21,22,23). The van der Waals surface area contributed by atoms with E-state index in [1.165, 1.54) is 0 Å². The summed E-state index contributed by atoms with van der Waals surface area (Å²) in [7, 11) is 3.17. The zero-order valence-corrected chi connectivity index (χ0v) is 14.5. The van der Waals surface area contributed by atoms with Crippen molar-refractivity contribution >= 4 is 5.91 Å². The molecule has 0 radical (unpaired) electrons. The molecule has 2 heterocycles. The molecule has 0 aliphatic carbocycles. The summed E-state index contributed by atoms with van der Waals surface area (Å²) in [6, 6.07) is 10.9. The molecule has 0 unspecified atom stereocenters. The highest BCUT2D eigenvalue weighted by Gasteiger charge is 2.12. The highest BCUT2D eigenvalue weighted by molar-refractivity contribution is 5.77. The van der Waals surface area contributed by atoms with Crippen LogP contribution in [0.25, 0.3) is 11.5 Å². The molecule has 0 fully saturated rings. The van der Waals surface area contributed by atoms with Gasteiger partial charge in [0, 0.05) is 18.3 Å². The number of H-pyrrole nitrogens is 1. The van der Waals surface area contributed by atoms with Crippen molar-refractivity contribution in [2.24, 2.45) is 0 Å². The lowest BCUT2D eigenvalue weighted by Gasteiger charge is -2.11. The molecule has 0 saturated heterocycles. The molecule has 2 N–H and O–H groups in total. The molecule has 1 aromatic carbocycles. The molecule has 0 bridgehead atoms. The van der Waals surface area contributed by atoms with Crippen molar-refractivity contribution in [1.29, 1.82) is 0 Å². The summed E-state index contributed by atoms with van der Waals surface area (Å²) < 4.78 is 10.5. The lowest BCUT2D eigenvalue weighted by molar-refractivity contribution is -0.120. The van der Waals surface area contributed by atoms with Crippen molar-refractivity contribution in [2.75, 3.05) is 14.2 Å². The van der Waals surface area contributed by atoms with Crippen LogP contribution in [0.4, 0.5) is 0 Å². The minimum Gasteiger partial charge on any atom is -0.497 e. The molecule has 3 aromatic rings. The van der Waals surface area contributed by atoms with Gasteiger partial charge in [-0.2, -0.15) is 5.10 Å². The van der Waals surface area contributed by atoms with Crippen molar-refractivity contribution < 1.29 is 14.3 Å². The van der Waals surface area contributed by atoms with Crippen molar-refractivity contribution in [3.8, 4) is 23.0 Å². The molecule has 0 saturated carbocycles. The first kappa shape index (κ1) is 17.4. The highest BCUT2D eigenvalue weighted by Crippen LogP contribution is 2.23. The molecule has 0 aliphatic rings. The van der Waals surface area contributed by atoms with Gasteiger partial charge in [-0.15, -0.1) is 0 Å². The topological polar surface area (TPSA) is 102 Å². The van der Waals surface area contributed by atoms with Crippen LogP contribution in [0.15, 0.2) is 42.6 Å². The van der Waals surface area contributed by atoms with E-state index in [1.54, 1.807) is 32.5 Å². The Bertz CT molecular complexity index is 880. The van der Waals surface area contributed by atoms with Crippen LogP contribution in [0, 0.1) is 0 Å². The third kappa shape index (κ3) is 4.15. The summed E-state index contributed by atoms with van der Waals surface area (Å²) in [5, 5.41) is 9.70. The van der Waals surface area contributed by atoms with Crippen LogP contribution in [0.3, 0.4) is 0 Å². The number of methoxy groups -OCH3 is 2. The summed E-state index contributed by atoms with van der Waals surface area (Å²) >= 11 is 0. The first-order valence-corrected chi connectivity index (χ1v) is 8.00. The van der Waals surface area contributed by atoms with E-state index in [0.29, 0.717) is 35.4 Å². The molecule has 26 heavy (non-hydrogen) atoms. The molecule has 2 aromatic heterocycles. The number of aromatic amines is 1. The molecule has 8 nitrogen and oxygen atoms in total. The van der Waals surface area contributed by atoms with Crippen molar-refractivity contribution in [2.45, 2.75) is 13.0 Å². The van der Waals surface area contributed by atoms with E-state index in [9.17, 15) is 4.79 Å². The molecule has 3 rings (SSSR count). The molecule has 1 amide bonds. The van der Waals surface area contributed by atoms with E-state index in [1.807, 2.05) is 24.3 Å².